The Morgan fingerprint density at radius 1 is 1.09 bits per heavy atom. The lowest BCUT2D eigenvalue weighted by Gasteiger charge is -2.42. The van der Waals surface area contributed by atoms with E-state index in [1.54, 1.807) is 25.5 Å². The first kappa shape index (κ1) is 38.9. The molecule has 1 saturated carbocycles. The van der Waals surface area contributed by atoms with Crippen molar-refractivity contribution in [2.75, 3.05) is 60.6 Å². The first-order valence-electron chi connectivity index (χ1n) is 19.2. The number of nitrogens with zero attached hydrogens (tertiary/aromatic N) is 6. The number of hydrogen-bond acceptors (Lipinski definition) is 11. The summed E-state index contributed by atoms with van der Waals surface area (Å²) in [4.78, 5) is 33.7. The fourth-order valence-electron chi connectivity index (χ4n) is 9.14. The van der Waals surface area contributed by atoms with Crippen LogP contribution in [-0.2, 0) is 18.9 Å². The molecule has 0 aromatic heterocycles. The van der Waals surface area contributed by atoms with E-state index < -0.39 is 11.4 Å². The molecule has 2 bridgehead atoms. The summed E-state index contributed by atoms with van der Waals surface area (Å²) in [5.74, 6) is 0.514. The van der Waals surface area contributed by atoms with Gasteiger partial charge in [0.15, 0.2) is 12.6 Å². The van der Waals surface area contributed by atoms with E-state index in [1.807, 2.05) is 25.7 Å². The van der Waals surface area contributed by atoms with Crippen LogP contribution in [-0.4, -0.2) is 129 Å². The lowest BCUT2D eigenvalue weighted by molar-refractivity contribution is -0.000503. The maximum absolute atomic E-state index is 17.3. The summed E-state index contributed by atoms with van der Waals surface area (Å²) >= 11 is 6.84. The van der Waals surface area contributed by atoms with Gasteiger partial charge in [0.05, 0.1) is 30.9 Å². The first-order chi connectivity index (χ1) is 26.0. The van der Waals surface area contributed by atoms with Crippen LogP contribution in [0.4, 0.5) is 9.18 Å². The summed E-state index contributed by atoms with van der Waals surface area (Å²) in [6.45, 7) is 12.7. The van der Waals surface area contributed by atoms with Crippen LogP contribution < -0.4 is 4.74 Å². The standard InChI is InChI=1S/C40H54ClFN6O6/c1-39(2,3)54-38(49)48-26-10-11-27(48)20-46(19-26)37(43-4)31-18-44-35(30-16-29(53-24-51-6)17-32(41)33(30)25-8-9-25)34(42)36(31)45-23-52-22-40-13-7-15-47(40)28(12-14-40)21-50-5/h16-18,25-28H,4,7-15,19-24H2,1-3,5-6H3/b37-31+,45-36?/t26?,27?,28-,40+/m0/s1. The van der Waals surface area contributed by atoms with Crippen molar-refractivity contribution < 1.29 is 32.9 Å². The monoisotopic (exact) mass is 768 g/mol. The van der Waals surface area contributed by atoms with Gasteiger partial charge in [0.25, 0.3) is 0 Å². The van der Waals surface area contributed by atoms with Gasteiger partial charge >= 0.3 is 6.09 Å². The molecule has 0 N–H and O–H groups in total. The molecule has 5 aliphatic heterocycles. The van der Waals surface area contributed by atoms with Gasteiger partial charge in [-0.25, -0.2) is 14.2 Å². The molecule has 4 saturated heterocycles. The van der Waals surface area contributed by atoms with E-state index in [0.29, 0.717) is 60.1 Å². The Labute approximate surface area is 323 Å². The molecule has 7 rings (SSSR count). The fraction of sp³-hybridized carbons (Fsp3) is 0.650. The lowest BCUT2D eigenvalue weighted by Crippen LogP contribution is -2.56. The Kier molecular flexibility index (Phi) is 11.5. The van der Waals surface area contributed by atoms with Gasteiger partial charge in [-0.2, -0.15) is 0 Å². The van der Waals surface area contributed by atoms with Gasteiger partial charge in [-0.05, 0) is 109 Å². The van der Waals surface area contributed by atoms with Gasteiger partial charge < -0.3 is 28.6 Å². The van der Waals surface area contributed by atoms with Crippen molar-refractivity contribution in [3.05, 3.63) is 45.5 Å². The van der Waals surface area contributed by atoms with Gasteiger partial charge in [-0.15, -0.1) is 0 Å². The molecule has 14 heteroatoms. The van der Waals surface area contributed by atoms with E-state index >= 15 is 4.39 Å². The number of halogens is 2. The van der Waals surface area contributed by atoms with E-state index in [1.165, 1.54) is 7.11 Å². The minimum absolute atomic E-state index is 0.0168. The Morgan fingerprint density at radius 3 is 2.52 bits per heavy atom. The summed E-state index contributed by atoms with van der Waals surface area (Å²) in [5, 5.41) is 0.496. The van der Waals surface area contributed by atoms with Crippen LogP contribution in [0.5, 0.6) is 5.75 Å². The summed E-state index contributed by atoms with van der Waals surface area (Å²) in [7, 11) is 3.29. The number of likely N-dealkylation sites (tertiary alicyclic amines) is 1. The highest BCUT2D eigenvalue weighted by atomic mass is 35.5. The number of piperazine rings is 1. The molecular weight excluding hydrogens is 715 g/mol. The van der Waals surface area contributed by atoms with Gasteiger partial charge in [0.2, 0.25) is 0 Å². The Morgan fingerprint density at radius 2 is 1.85 bits per heavy atom. The van der Waals surface area contributed by atoms with Crippen molar-refractivity contribution in [2.45, 2.75) is 107 Å². The molecule has 5 fully saturated rings. The molecule has 4 atom stereocenters. The number of methoxy groups -OCH3 is 2. The van der Waals surface area contributed by atoms with Crippen molar-refractivity contribution in [1.29, 1.82) is 0 Å². The van der Waals surface area contributed by atoms with Crippen LogP contribution in [0.3, 0.4) is 0 Å². The predicted octanol–water partition coefficient (Wildman–Crippen LogP) is 6.98. The summed E-state index contributed by atoms with van der Waals surface area (Å²) in [6, 6.07) is 3.72. The molecule has 1 amide bonds. The van der Waals surface area contributed by atoms with Crippen LogP contribution in [0.25, 0.3) is 5.70 Å². The second-order valence-electron chi connectivity index (χ2n) is 16.3. The average molecular weight is 769 g/mol. The van der Waals surface area contributed by atoms with Crippen molar-refractivity contribution >= 4 is 42.0 Å². The zero-order valence-electron chi connectivity index (χ0n) is 32.2. The molecule has 5 heterocycles. The smallest absolute Gasteiger partial charge is 0.410 e. The summed E-state index contributed by atoms with van der Waals surface area (Å²) in [5.41, 5.74) is 1.37. The molecule has 0 radical (unpaired) electrons. The summed E-state index contributed by atoms with van der Waals surface area (Å²) in [6.07, 6.45) is 9.13. The number of benzene rings is 1. The Balaban J connectivity index is 1.22. The third kappa shape index (κ3) is 7.84. The summed E-state index contributed by atoms with van der Waals surface area (Å²) < 4.78 is 45.8. The molecular formula is C40H54ClFN6O6. The van der Waals surface area contributed by atoms with Crippen LogP contribution >= 0.6 is 11.6 Å². The number of hydrogen-bond donors (Lipinski definition) is 0. The lowest BCUT2D eigenvalue weighted by atomic mass is 9.95. The highest BCUT2D eigenvalue weighted by Crippen LogP contribution is 2.49. The molecule has 1 aromatic rings. The van der Waals surface area contributed by atoms with Crippen LogP contribution in [0.15, 0.2) is 44.3 Å². The quantitative estimate of drug-likeness (QED) is 0.120. The SMILES string of the molecule is C=N/C(=C1/C=NC(c2cc(OCOC)cc(Cl)c2C2CC2)=C(F)C1=NCOC[C@]12CCCN1[C@H](COC)CC2)N1CC2CCC(C1)N2C(=O)OC(C)(C)C. The number of allylic oxidation sites excluding steroid dienone is 2. The zero-order chi connectivity index (χ0) is 38.2. The molecule has 2 unspecified atom stereocenters. The molecule has 294 valence electrons. The van der Waals surface area contributed by atoms with Crippen molar-refractivity contribution in [2.24, 2.45) is 15.0 Å². The van der Waals surface area contributed by atoms with Gasteiger partial charge in [-0.3, -0.25) is 19.8 Å². The highest BCUT2D eigenvalue weighted by Gasteiger charge is 2.49. The highest BCUT2D eigenvalue weighted by molar-refractivity contribution is 6.32. The maximum Gasteiger partial charge on any atom is 0.410 e. The number of rotatable bonds is 13. The number of carbonyl (C=O) groups is 1. The molecule has 6 aliphatic rings. The normalized spacial score (nSPS) is 28.6. The number of fused-ring (bicyclic) bond motifs is 3. The Bertz CT molecular complexity index is 1720. The second-order valence-corrected chi connectivity index (χ2v) is 16.7. The number of amides is 1. The van der Waals surface area contributed by atoms with Crippen molar-refractivity contribution in [3.63, 3.8) is 0 Å². The molecule has 1 aliphatic carbocycles. The van der Waals surface area contributed by atoms with Gasteiger partial charge in [0.1, 0.15) is 35.3 Å². The third-order valence-electron chi connectivity index (χ3n) is 11.5. The van der Waals surface area contributed by atoms with Crippen LogP contribution in [0.1, 0.15) is 89.2 Å². The largest absolute Gasteiger partial charge is 0.467 e. The molecule has 1 aromatic carbocycles. The Hall–Kier alpha value is -3.36. The van der Waals surface area contributed by atoms with Crippen LogP contribution in [0, 0.1) is 0 Å². The number of aliphatic imine (C=N–C) groups is 3. The van der Waals surface area contributed by atoms with Crippen molar-refractivity contribution in [3.8, 4) is 5.75 Å². The average Bonchev–Trinajstić information content (AvgIpc) is 3.70. The molecule has 0 spiro atoms. The number of ether oxygens (including phenoxy) is 5. The first-order valence-corrected chi connectivity index (χ1v) is 19.6. The second kappa shape index (κ2) is 16.0. The molecule has 12 nitrogen and oxygen atoms in total. The van der Waals surface area contributed by atoms with E-state index in [0.717, 1.165) is 63.5 Å². The minimum atomic E-state index is -0.602. The van der Waals surface area contributed by atoms with E-state index in [2.05, 4.69) is 21.5 Å². The third-order valence-corrected chi connectivity index (χ3v) is 11.8. The minimum Gasteiger partial charge on any atom is -0.467 e. The van der Waals surface area contributed by atoms with Gasteiger partial charge in [-0.1, -0.05) is 11.6 Å². The van der Waals surface area contributed by atoms with E-state index in [4.69, 9.17) is 45.3 Å². The number of carbonyl (C=O) groups excluding carboxylic acids is 1. The predicted molar refractivity (Wildman–Crippen MR) is 207 cm³/mol. The van der Waals surface area contributed by atoms with E-state index in [-0.39, 0.29) is 54.6 Å². The van der Waals surface area contributed by atoms with E-state index in [9.17, 15) is 4.79 Å². The zero-order valence-corrected chi connectivity index (χ0v) is 33.0. The van der Waals surface area contributed by atoms with Crippen molar-refractivity contribution in [1.82, 2.24) is 14.7 Å². The van der Waals surface area contributed by atoms with Crippen LogP contribution in [0.2, 0.25) is 5.02 Å². The topological polar surface area (TPSA) is 110 Å². The fourth-order valence-corrected chi connectivity index (χ4v) is 9.50. The molecule has 54 heavy (non-hydrogen) atoms. The van der Waals surface area contributed by atoms with Gasteiger partial charge in [0, 0.05) is 55.7 Å². The maximum atomic E-state index is 17.3.